The van der Waals surface area contributed by atoms with Crippen molar-refractivity contribution in [1.82, 2.24) is 14.7 Å². The molecule has 23 heavy (non-hydrogen) atoms. The zero-order valence-corrected chi connectivity index (χ0v) is 13.9. The second-order valence-corrected chi connectivity index (χ2v) is 6.08. The molecule has 2 aromatic rings. The van der Waals surface area contributed by atoms with Gasteiger partial charge in [0.05, 0.1) is 38.1 Å². The van der Waals surface area contributed by atoms with Gasteiger partial charge in [0.1, 0.15) is 0 Å². The quantitative estimate of drug-likeness (QED) is 0.916. The predicted octanol–water partition coefficient (Wildman–Crippen LogP) is 1.91. The highest BCUT2D eigenvalue weighted by Crippen LogP contribution is 2.29. The number of β-amino-alcohol motifs (C(OH)–C–C–N with tert-alkyl or cyclic N) is 1. The van der Waals surface area contributed by atoms with Gasteiger partial charge >= 0.3 is 0 Å². The SMILES string of the molecule is Cc1nn(Cc2ccccc2)c(C)c1C1COCCN1CCO. The van der Waals surface area contributed by atoms with Crippen molar-refractivity contribution in [1.29, 1.82) is 0 Å². The molecule has 0 spiro atoms. The first kappa shape index (κ1) is 16.2. The summed E-state index contributed by atoms with van der Waals surface area (Å²) in [6.07, 6.45) is 0. The van der Waals surface area contributed by atoms with Gasteiger partial charge in [-0.05, 0) is 19.4 Å². The molecule has 1 fully saturated rings. The maximum atomic E-state index is 9.32. The van der Waals surface area contributed by atoms with Crippen LogP contribution in [-0.4, -0.2) is 52.7 Å². The minimum Gasteiger partial charge on any atom is -0.395 e. The summed E-state index contributed by atoms with van der Waals surface area (Å²) < 4.78 is 7.77. The molecule has 3 rings (SSSR count). The Balaban J connectivity index is 1.87. The number of aliphatic hydroxyl groups excluding tert-OH is 1. The summed E-state index contributed by atoms with van der Waals surface area (Å²) in [6, 6.07) is 10.6. The molecule has 5 nitrogen and oxygen atoms in total. The average molecular weight is 315 g/mol. The minimum absolute atomic E-state index is 0.173. The third-order valence-electron chi connectivity index (χ3n) is 4.57. The first-order valence-corrected chi connectivity index (χ1v) is 8.21. The van der Waals surface area contributed by atoms with Crippen LogP contribution in [0.2, 0.25) is 0 Å². The van der Waals surface area contributed by atoms with Gasteiger partial charge in [-0.2, -0.15) is 5.10 Å². The molecular formula is C18H25N3O2. The van der Waals surface area contributed by atoms with Crippen molar-refractivity contribution in [3.63, 3.8) is 0 Å². The Morgan fingerprint density at radius 3 is 2.78 bits per heavy atom. The van der Waals surface area contributed by atoms with Crippen molar-refractivity contribution >= 4 is 0 Å². The number of ether oxygens (including phenoxy) is 1. The predicted molar refractivity (Wildman–Crippen MR) is 89.5 cm³/mol. The Hall–Kier alpha value is -1.69. The zero-order valence-electron chi connectivity index (χ0n) is 13.9. The van der Waals surface area contributed by atoms with Gasteiger partial charge in [-0.3, -0.25) is 9.58 Å². The highest BCUT2D eigenvalue weighted by Gasteiger charge is 2.29. The summed E-state index contributed by atoms with van der Waals surface area (Å²) in [5.41, 5.74) is 4.73. The smallest absolute Gasteiger partial charge is 0.0665 e. The van der Waals surface area contributed by atoms with Crippen LogP contribution in [0, 0.1) is 13.8 Å². The topological polar surface area (TPSA) is 50.5 Å². The first-order chi connectivity index (χ1) is 11.2. The second-order valence-electron chi connectivity index (χ2n) is 6.08. The van der Waals surface area contributed by atoms with Crippen LogP contribution >= 0.6 is 0 Å². The van der Waals surface area contributed by atoms with Gasteiger partial charge in [-0.25, -0.2) is 0 Å². The number of hydrogen-bond donors (Lipinski definition) is 1. The molecule has 1 aromatic carbocycles. The fourth-order valence-corrected chi connectivity index (χ4v) is 3.40. The van der Waals surface area contributed by atoms with Gasteiger partial charge in [0.25, 0.3) is 0 Å². The van der Waals surface area contributed by atoms with Crippen LogP contribution in [-0.2, 0) is 11.3 Å². The van der Waals surface area contributed by atoms with Crippen LogP contribution in [0.15, 0.2) is 30.3 Å². The summed E-state index contributed by atoms with van der Waals surface area (Å²) in [4.78, 5) is 2.30. The van der Waals surface area contributed by atoms with E-state index in [9.17, 15) is 5.11 Å². The van der Waals surface area contributed by atoms with E-state index in [0.717, 1.165) is 25.4 Å². The molecule has 2 heterocycles. The third kappa shape index (κ3) is 3.47. The summed E-state index contributed by atoms with van der Waals surface area (Å²) in [6.45, 7) is 8.07. The van der Waals surface area contributed by atoms with Gasteiger partial charge < -0.3 is 9.84 Å². The van der Waals surface area contributed by atoms with Crippen molar-refractivity contribution in [3.8, 4) is 0 Å². The van der Waals surface area contributed by atoms with Crippen LogP contribution in [0.25, 0.3) is 0 Å². The molecule has 124 valence electrons. The number of morpholine rings is 1. The molecule has 1 aromatic heterocycles. The summed E-state index contributed by atoms with van der Waals surface area (Å²) in [7, 11) is 0. The summed E-state index contributed by atoms with van der Waals surface area (Å²) in [5, 5.41) is 14.1. The number of rotatable bonds is 5. The molecule has 1 aliphatic rings. The van der Waals surface area contributed by atoms with E-state index < -0.39 is 0 Å². The molecule has 1 aliphatic heterocycles. The van der Waals surface area contributed by atoms with Crippen LogP contribution < -0.4 is 0 Å². The Labute approximate surface area is 137 Å². The summed E-state index contributed by atoms with van der Waals surface area (Å²) in [5.74, 6) is 0. The van der Waals surface area contributed by atoms with Crippen molar-refractivity contribution in [2.75, 3.05) is 32.9 Å². The van der Waals surface area contributed by atoms with E-state index in [1.165, 1.54) is 16.8 Å². The lowest BCUT2D eigenvalue weighted by Gasteiger charge is -2.35. The monoisotopic (exact) mass is 315 g/mol. The van der Waals surface area contributed by atoms with Crippen molar-refractivity contribution in [2.45, 2.75) is 26.4 Å². The van der Waals surface area contributed by atoms with E-state index in [2.05, 4.69) is 47.7 Å². The number of aliphatic hydroxyl groups is 1. The normalized spacial score (nSPS) is 19.2. The van der Waals surface area contributed by atoms with Gasteiger partial charge in [-0.15, -0.1) is 0 Å². The number of aromatic nitrogens is 2. The van der Waals surface area contributed by atoms with Gasteiger partial charge in [0.2, 0.25) is 0 Å². The number of benzene rings is 1. The lowest BCUT2D eigenvalue weighted by molar-refractivity contribution is -0.0151. The highest BCUT2D eigenvalue weighted by molar-refractivity contribution is 5.30. The van der Waals surface area contributed by atoms with Crippen molar-refractivity contribution < 1.29 is 9.84 Å². The first-order valence-electron chi connectivity index (χ1n) is 8.21. The number of hydrogen-bond acceptors (Lipinski definition) is 4. The second kappa shape index (κ2) is 7.25. The maximum Gasteiger partial charge on any atom is 0.0665 e. The molecule has 1 atom stereocenters. The van der Waals surface area contributed by atoms with E-state index in [0.29, 0.717) is 13.2 Å². The minimum atomic E-state index is 0.173. The van der Waals surface area contributed by atoms with Crippen LogP contribution in [0.3, 0.4) is 0 Å². The van der Waals surface area contributed by atoms with Gasteiger partial charge in [0, 0.05) is 24.3 Å². The highest BCUT2D eigenvalue weighted by atomic mass is 16.5. The molecule has 1 unspecified atom stereocenters. The molecule has 1 saturated heterocycles. The molecule has 0 aliphatic carbocycles. The Kier molecular flexibility index (Phi) is 5.10. The van der Waals surface area contributed by atoms with Crippen molar-refractivity contribution in [3.05, 3.63) is 52.8 Å². The summed E-state index contributed by atoms with van der Waals surface area (Å²) >= 11 is 0. The standard InChI is InChI=1S/C18H25N3O2/c1-14-18(17-13-23-11-9-20(17)8-10-22)15(2)21(19-14)12-16-6-4-3-5-7-16/h3-7,17,22H,8-13H2,1-2H3. The fourth-order valence-electron chi connectivity index (χ4n) is 3.40. The molecule has 5 heteroatoms. The van der Waals surface area contributed by atoms with Crippen LogP contribution in [0.1, 0.15) is 28.6 Å². The molecular weight excluding hydrogens is 290 g/mol. The number of aryl methyl sites for hydroxylation is 1. The lowest BCUT2D eigenvalue weighted by atomic mass is 10.0. The molecule has 0 radical (unpaired) electrons. The Morgan fingerprint density at radius 2 is 2.04 bits per heavy atom. The van der Waals surface area contributed by atoms with E-state index in [1.807, 2.05) is 6.07 Å². The average Bonchev–Trinajstić information content (AvgIpc) is 2.83. The lowest BCUT2D eigenvalue weighted by Crippen LogP contribution is -2.41. The van der Waals surface area contributed by atoms with Crippen LogP contribution in [0.5, 0.6) is 0 Å². The van der Waals surface area contributed by atoms with E-state index in [-0.39, 0.29) is 12.6 Å². The largest absolute Gasteiger partial charge is 0.395 e. The molecule has 0 saturated carbocycles. The Bertz CT molecular complexity index is 637. The van der Waals surface area contributed by atoms with E-state index in [1.54, 1.807) is 0 Å². The molecule has 0 bridgehead atoms. The molecule has 0 amide bonds. The maximum absolute atomic E-state index is 9.32. The molecule has 1 N–H and O–H groups in total. The van der Waals surface area contributed by atoms with Gasteiger partial charge in [-0.1, -0.05) is 30.3 Å². The number of nitrogens with zero attached hydrogens (tertiary/aromatic N) is 3. The van der Waals surface area contributed by atoms with E-state index >= 15 is 0 Å². The zero-order chi connectivity index (χ0) is 16.2. The third-order valence-corrected chi connectivity index (χ3v) is 4.57. The van der Waals surface area contributed by atoms with E-state index in [4.69, 9.17) is 9.84 Å². The Morgan fingerprint density at radius 1 is 1.26 bits per heavy atom. The van der Waals surface area contributed by atoms with Crippen LogP contribution in [0.4, 0.5) is 0 Å². The van der Waals surface area contributed by atoms with Crippen molar-refractivity contribution in [2.24, 2.45) is 0 Å². The fraction of sp³-hybridized carbons (Fsp3) is 0.500. The van der Waals surface area contributed by atoms with Gasteiger partial charge in [0.15, 0.2) is 0 Å².